The molecule has 1 saturated carbocycles. The average Bonchev–Trinajstić information content (AvgIpc) is 2.69. The van der Waals surface area contributed by atoms with Gasteiger partial charge in [0.1, 0.15) is 0 Å². The highest BCUT2D eigenvalue weighted by molar-refractivity contribution is 5.28. The van der Waals surface area contributed by atoms with Crippen LogP contribution >= 0.6 is 0 Å². The Balaban J connectivity index is 2.42. The number of rotatable bonds is 4. The zero-order chi connectivity index (χ0) is 14.6. The molecule has 0 aliphatic heterocycles. The minimum Gasteiger partial charge on any atom is -0.302 e. The molecule has 1 fully saturated rings. The van der Waals surface area contributed by atoms with Crippen LogP contribution in [-0.4, -0.2) is 29.5 Å². The maximum Gasteiger partial charge on any atom is 0.0661 e. The number of nitrogens with one attached hydrogen (secondary N) is 1. The van der Waals surface area contributed by atoms with Gasteiger partial charge in [-0.15, -0.1) is 0 Å². The summed E-state index contributed by atoms with van der Waals surface area (Å²) in [5.74, 6) is 5.97. The van der Waals surface area contributed by atoms with Crippen LogP contribution in [0.1, 0.15) is 55.7 Å². The number of hydrogen-bond acceptors (Lipinski definition) is 4. The van der Waals surface area contributed by atoms with Crippen molar-refractivity contribution in [1.29, 1.82) is 0 Å². The second-order valence-electron chi connectivity index (χ2n) is 6.24. The van der Waals surface area contributed by atoms with Crippen LogP contribution in [0.3, 0.4) is 0 Å². The normalized spacial score (nSPS) is 20.6. The Bertz CT molecular complexity index is 422. The maximum atomic E-state index is 5.97. The fraction of sp³-hybridized carbons (Fsp3) is 0.688. The zero-order valence-corrected chi connectivity index (χ0v) is 13.0. The van der Waals surface area contributed by atoms with Gasteiger partial charge in [0.2, 0.25) is 0 Å². The molecule has 4 nitrogen and oxygen atoms in total. The Morgan fingerprint density at radius 2 is 1.90 bits per heavy atom. The van der Waals surface area contributed by atoms with E-state index in [1.165, 1.54) is 49.7 Å². The molecule has 3 N–H and O–H groups in total. The monoisotopic (exact) mass is 276 g/mol. The smallest absolute Gasteiger partial charge is 0.0661 e. The summed E-state index contributed by atoms with van der Waals surface area (Å²) in [5.41, 5.74) is 5.66. The van der Waals surface area contributed by atoms with E-state index in [1.807, 2.05) is 12.4 Å². The first-order valence-corrected chi connectivity index (χ1v) is 7.66. The van der Waals surface area contributed by atoms with Crippen molar-refractivity contribution < 1.29 is 0 Å². The summed E-state index contributed by atoms with van der Waals surface area (Å²) in [6, 6.07) is 2.20. The summed E-state index contributed by atoms with van der Waals surface area (Å²) in [7, 11) is 4.36. The van der Waals surface area contributed by atoms with E-state index >= 15 is 0 Å². The molecule has 0 amide bonds. The van der Waals surface area contributed by atoms with Gasteiger partial charge in [-0.1, -0.05) is 25.7 Å². The van der Waals surface area contributed by atoms with Gasteiger partial charge in [0.25, 0.3) is 0 Å². The van der Waals surface area contributed by atoms with Crippen LogP contribution in [0.25, 0.3) is 0 Å². The minimum absolute atomic E-state index is 0.0824. The highest BCUT2D eigenvalue weighted by Crippen LogP contribution is 2.41. The summed E-state index contributed by atoms with van der Waals surface area (Å²) in [4.78, 5) is 6.68. The van der Waals surface area contributed by atoms with Crippen molar-refractivity contribution in [3.63, 3.8) is 0 Å². The SMILES string of the molecule is Cc1ccncc1C(NN)C1(N(C)C)CCCCCC1. The summed E-state index contributed by atoms with van der Waals surface area (Å²) in [6.45, 7) is 2.14. The molecule has 1 aromatic rings. The van der Waals surface area contributed by atoms with Crippen LogP contribution in [0.15, 0.2) is 18.5 Å². The Hall–Kier alpha value is -0.970. The molecule has 112 valence electrons. The van der Waals surface area contributed by atoms with E-state index in [0.717, 1.165) is 0 Å². The van der Waals surface area contributed by atoms with Crippen LogP contribution in [-0.2, 0) is 0 Å². The summed E-state index contributed by atoms with van der Waals surface area (Å²) in [5, 5.41) is 0. The third-order valence-corrected chi connectivity index (χ3v) is 4.95. The minimum atomic E-state index is 0.0824. The molecular formula is C16H28N4. The molecule has 1 atom stereocenters. The second-order valence-corrected chi connectivity index (χ2v) is 6.24. The van der Waals surface area contributed by atoms with Crippen LogP contribution < -0.4 is 11.3 Å². The van der Waals surface area contributed by atoms with E-state index in [0.29, 0.717) is 0 Å². The van der Waals surface area contributed by atoms with Gasteiger partial charge in [0, 0.05) is 17.9 Å². The fourth-order valence-electron chi connectivity index (χ4n) is 3.65. The van der Waals surface area contributed by atoms with Crippen molar-refractivity contribution >= 4 is 0 Å². The standard InChI is InChI=1S/C16H28N4/c1-13-8-11-18-12-14(13)15(19-17)16(20(2)3)9-6-4-5-7-10-16/h8,11-12,15,19H,4-7,9-10,17H2,1-3H3. The molecular weight excluding hydrogens is 248 g/mol. The van der Waals surface area contributed by atoms with Crippen LogP contribution in [0.5, 0.6) is 0 Å². The summed E-state index contributed by atoms with van der Waals surface area (Å²) >= 11 is 0. The van der Waals surface area contributed by atoms with Gasteiger partial charge in [-0.25, -0.2) is 0 Å². The maximum absolute atomic E-state index is 5.97. The first kappa shape index (κ1) is 15.4. The molecule has 1 heterocycles. The van der Waals surface area contributed by atoms with Gasteiger partial charge < -0.3 is 4.90 Å². The topological polar surface area (TPSA) is 54.2 Å². The number of nitrogens with zero attached hydrogens (tertiary/aromatic N) is 2. The third kappa shape index (κ3) is 2.87. The molecule has 1 aliphatic carbocycles. The highest BCUT2D eigenvalue weighted by Gasteiger charge is 2.41. The van der Waals surface area contributed by atoms with Crippen molar-refractivity contribution in [3.05, 3.63) is 29.6 Å². The number of likely N-dealkylation sites (N-methyl/N-ethyl adjacent to an activating group) is 1. The van der Waals surface area contributed by atoms with Gasteiger partial charge in [-0.2, -0.15) is 0 Å². The Morgan fingerprint density at radius 3 is 2.40 bits per heavy atom. The van der Waals surface area contributed by atoms with E-state index in [4.69, 9.17) is 5.84 Å². The van der Waals surface area contributed by atoms with Gasteiger partial charge in [0.05, 0.1) is 6.04 Å². The van der Waals surface area contributed by atoms with Crippen molar-refractivity contribution in [2.75, 3.05) is 14.1 Å². The van der Waals surface area contributed by atoms with Crippen LogP contribution in [0.2, 0.25) is 0 Å². The number of hydrogen-bond donors (Lipinski definition) is 2. The van der Waals surface area contributed by atoms with E-state index in [1.54, 1.807) is 0 Å². The molecule has 20 heavy (non-hydrogen) atoms. The van der Waals surface area contributed by atoms with E-state index in [9.17, 15) is 0 Å². The second kappa shape index (κ2) is 6.66. The average molecular weight is 276 g/mol. The van der Waals surface area contributed by atoms with Crippen molar-refractivity contribution in [3.8, 4) is 0 Å². The van der Waals surface area contributed by atoms with Crippen molar-refractivity contribution in [2.24, 2.45) is 5.84 Å². The molecule has 1 unspecified atom stereocenters. The lowest BCUT2D eigenvalue weighted by atomic mass is 9.78. The summed E-state index contributed by atoms with van der Waals surface area (Å²) in [6.07, 6.45) is 11.4. The van der Waals surface area contributed by atoms with Gasteiger partial charge >= 0.3 is 0 Å². The predicted octanol–water partition coefficient (Wildman–Crippen LogP) is 2.55. The Kier molecular flexibility index (Phi) is 5.13. The number of pyridine rings is 1. The van der Waals surface area contributed by atoms with Crippen molar-refractivity contribution in [2.45, 2.75) is 57.0 Å². The van der Waals surface area contributed by atoms with Crippen LogP contribution in [0, 0.1) is 6.92 Å². The molecule has 2 rings (SSSR count). The number of nitrogens with two attached hydrogens (primary N) is 1. The highest BCUT2D eigenvalue weighted by atomic mass is 15.3. The Labute approximate surface area is 122 Å². The fourth-order valence-corrected chi connectivity index (χ4v) is 3.65. The number of aromatic nitrogens is 1. The quantitative estimate of drug-likeness (QED) is 0.504. The predicted molar refractivity (Wildman–Crippen MR) is 83.2 cm³/mol. The van der Waals surface area contributed by atoms with Crippen molar-refractivity contribution in [1.82, 2.24) is 15.3 Å². The molecule has 1 aromatic heterocycles. The van der Waals surface area contributed by atoms with Crippen LogP contribution in [0.4, 0.5) is 0 Å². The molecule has 1 aliphatic rings. The Morgan fingerprint density at radius 1 is 1.25 bits per heavy atom. The van der Waals surface area contributed by atoms with E-state index < -0.39 is 0 Å². The number of aryl methyl sites for hydroxylation is 1. The lowest BCUT2D eigenvalue weighted by Gasteiger charge is -2.46. The molecule has 0 spiro atoms. The zero-order valence-electron chi connectivity index (χ0n) is 13.0. The molecule has 0 saturated heterocycles. The first-order valence-electron chi connectivity index (χ1n) is 7.66. The van der Waals surface area contributed by atoms with E-state index in [2.05, 4.69) is 42.4 Å². The van der Waals surface area contributed by atoms with Gasteiger partial charge in [-0.05, 0) is 51.1 Å². The van der Waals surface area contributed by atoms with Gasteiger partial charge in [-0.3, -0.25) is 16.3 Å². The van der Waals surface area contributed by atoms with E-state index in [-0.39, 0.29) is 11.6 Å². The summed E-state index contributed by atoms with van der Waals surface area (Å²) < 4.78 is 0. The van der Waals surface area contributed by atoms with Gasteiger partial charge in [0.15, 0.2) is 0 Å². The largest absolute Gasteiger partial charge is 0.302 e. The molecule has 4 heteroatoms. The lowest BCUT2D eigenvalue weighted by molar-refractivity contribution is 0.0796. The molecule has 0 bridgehead atoms. The number of hydrazine groups is 1. The molecule has 0 radical (unpaired) electrons. The first-order chi connectivity index (χ1) is 9.62. The lowest BCUT2D eigenvalue weighted by Crippen LogP contribution is -2.55. The third-order valence-electron chi connectivity index (χ3n) is 4.95. The molecule has 0 aromatic carbocycles.